The monoisotopic (exact) mass is 238 g/mol. The average molecular weight is 238 g/mol. The van der Waals surface area contributed by atoms with Crippen LogP contribution in [0.4, 0.5) is 11.4 Å². The SMILES string of the molecule is Cc1cc([N+](=O)[O-])ccc1NC(=O)CCCO. The van der Waals surface area contributed by atoms with Crippen molar-refractivity contribution >= 4 is 17.3 Å². The first-order valence-electron chi connectivity index (χ1n) is 5.20. The number of carbonyl (C=O) groups is 1. The molecule has 1 rings (SSSR count). The highest BCUT2D eigenvalue weighted by molar-refractivity contribution is 5.91. The predicted molar refractivity (Wildman–Crippen MR) is 62.8 cm³/mol. The molecule has 0 bridgehead atoms. The van der Waals surface area contributed by atoms with Crippen molar-refractivity contribution in [3.05, 3.63) is 33.9 Å². The first-order valence-corrected chi connectivity index (χ1v) is 5.20. The number of non-ortho nitro benzene ring substituents is 1. The number of nitrogens with zero attached hydrogens (tertiary/aromatic N) is 1. The van der Waals surface area contributed by atoms with Gasteiger partial charge in [0.15, 0.2) is 0 Å². The molecule has 0 unspecified atom stereocenters. The fourth-order valence-electron chi connectivity index (χ4n) is 1.35. The standard InChI is InChI=1S/C11H14N2O4/c1-8-7-9(13(16)17)4-5-10(8)12-11(15)3-2-6-14/h4-5,7,14H,2-3,6H2,1H3,(H,12,15). The highest BCUT2D eigenvalue weighted by atomic mass is 16.6. The van der Waals surface area contributed by atoms with Crippen LogP contribution in [0, 0.1) is 17.0 Å². The molecule has 1 aromatic carbocycles. The highest BCUT2D eigenvalue weighted by Gasteiger charge is 2.09. The minimum absolute atomic E-state index is 0.00384. The van der Waals surface area contributed by atoms with Crippen molar-refractivity contribution < 1.29 is 14.8 Å². The fraction of sp³-hybridized carbons (Fsp3) is 0.364. The van der Waals surface area contributed by atoms with Gasteiger partial charge in [0.05, 0.1) is 4.92 Å². The topological polar surface area (TPSA) is 92.5 Å². The van der Waals surface area contributed by atoms with Gasteiger partial charge in [-0.25, -0.2) is 0 Å². The van der Waals surface area contributed by atoms with E-state index in [-0.39, 0.29) is 24.6 Å². The molecule has 0 atom stereocenters. The second kappa shape index (κ2) is 5.95. The number of nitro benzene ring substituents is 1. The Labute approximate surface area is 98.4 Å². The summed E-state index contributed by atoms with van der Waals surface area (Å²) in [4.78, 5) is 21.4. The van der Waals surface area contributed by atoms with E-state index >= 15 is 0 Å². The molecule has 0 aliphatic heterocycles. The smallest absolute Gasteiger partial charge is 0.269 e. The minimum Gasteiger partial charge on any atom is -0.396 e. The molecular formula is C11H14N2O4. The molecule has 2 N–H and O–H groups in total. The van der Waals surface area contributed by atoms with Crippen LogP contribution in [0.1, 0.15) is 18.4 Å². The summed E-state index contributed by atoms with van der Waals surface area (Å²) in [5.74, 6) is -0.212. The van der Waals surface area contributed by atoms with E-state index < -0.39 is 4.92 Å². The van der Waals surface area contributed by atoms with Gasteiger partial charge in [-0.05, 0) is 25.0 Å². The first-order chi connectivity index (χ1) is 8.04. The number of amides is 1. The molecule has 0 spiro atoms. The number of rotatable bonds is 5. The van der Waals surface area contributed by atoms with Gasteiger partial charge in [-0.1, -0.05) is 0 Å². The summed E-state index contributed by atoms with van der Waals surface area (Å²) >= 11 is 0. The Morgan fingerprint density at radius 3 is 2.76 bits per heavy atom. The van der Waals surface area contributed by atoms with Crippen molar-refractivity contribution in [1.82, 2.24) is 0 Å². The molecular weight excluding hydrogens is 224 g/mol. The van der Waals surface area contributed by atoms with E-state index in [1.54, 1.807) is 6.92 Å². The lowest BCUT2D eigenvalue weighted by atomic mass is 10.1. The largest absolute Gasteiger partial charge is 0.396 e. The third-order valence-electron chi connectivity index (χ3n) is 2.26. The Morgan fingerprint density at radius 1 is 1.53 bits per heavy atom. The lowest BCUT2D eigenvalue weighted by Gasteiger charge is -2.07. The van der Waals surface area contributed by atoms with E-state index in [9.17, 15) is 14.9 Å². The molecule has 0 saturated heterocycles. The van der Waals surface area contributed by atoms with Gasteiger partial charge in [-0.15, -0.1) is 0 Å². The third-order valence-corrected chi connectivity index (χ3v) is 2.26. The van der Waals surface area contributed by atoms with Crippen LogP contribution in [-0.2, 0) is 4.79 Å². The summed E-state index contributed by atoms with van der Waals surface area (Å²) in [6, 6.07) is 4.25. The molecule has 0 heterocycles. The molecule has 1 amide bonds. The molecule has 6 nitrogen and oxygen atoms in total. The van der Waals surface area contributed by atoms with Crippen LogP contribution in [0.15, 0.2) is 18.2 Å². The van der Waals surface area contributed by atoms with Gasteiger partial charge >= 0.3 is 0 Å². The summed E-state index contributed by atoms with van der Waals surface area (Å²) in [6.07, 6.45) is 0.630. The van der Waals surface area contributed by atoms with Gasteiger partial charge in [-0.3, -0.25) is 14.9 Å². The van der Waals surface area contributed by atoms with Crippen LogP contribution in [0.2, 0.25) is 0 Å². The van der Waals surface area contributed by atoms with Crippen LogP contribution in [0.5, 0.6) is 0 Å². The van der Waals surface area contributed by atoms with Crippen molar-refractivity contribution in [2.45, 2.75) is 19.8 Å². The number of hydrogen-bond acceptors (Lipinski definition) is 4. The number of nitro groups is 1. The number of aliphatic hydroxyl groups is 1. The predicted octanol–water partition coefficient (Wildman–Crippen LogP) is 1.61. The Morgan fingerprint density at radius 2 is 2.24 bits per heavy atom. The summed E-state index contributed by atoms with van der Waals surface area (Å²) in [5, 5.41) is 21.7. The second-order valence-electron chi connectivity index (χ2n) is 3.63. The maximum atomic E-state index is 11.4. The molecule has 0 saturated carbocycles. The van der Waals surface area contributed by atoms with Gasteiger partial charge in [0.2, 0.25) is 5.91 Å². The van der Waals surface area contributed by atoms with Gasteiger partial charge in [0.25, 0.3) is 5.69 Å². The van der Waals surface area contributed by atoms with E-state index in [2.05, 4.69) is 5.32 Å². The fourth-order valence-corrected chi connectivity index (χ4v) is 1.35. The van der Waals surface area contributed by atoms with Crippen molar-refractivity contribution in [3.63, 3.8) is 0 Å². The lowest BCUT2D eigenvalue weighted by Crippen LogP contribution is -2.12. The lowest BCUT2D eigenvalue weighted by molar-refractivity contribution is -0.384. The summed E-state index contributed by atoms with van der Waals surface area (Å²) in [5.41, 5.74) is 1.19. The maximum Gasteiger partial charge on any atom is 0.269 e. The molecule has 0 aliphatic rings. The van der Waals surface area contributed by atoms with E-state index in [4.69, 9.17) is 5.11 Å². The summed E-state index contributed by atoms with van der Waals surface area (Å²) in [7, 11) is 0. The van der Waals surface area contributed by atoms with Gasteiger partial charge < -0.3 is 10.4 Å². The Hall–Kier alpha value is -1.95. The molecule has 6 heteroatoms. The summed E-state index contributed by atoms with van der Waals surface area (Å²) in [6.45, 7) is 1.65. The van der Waals surface area contributed by atoms with Crippen LogP contribution < -0.4 is 5.32 Å². The Balaban J connectivity index is 2.72. The number of carbonyl (C=O) groups excluding carboxylic acids is 1. The third kappa shape index (κ3) is 3.84. The normalized spacial score (nSPS) is 10.0. The number of anilines is 1. The minimum atomic E-state index is -0.482. The summed E-state index contributed by atoms with van der Waals surface area (Å²) < 4.78 is 0. The van der Waals surface area contributed by atoms with Crippen LogP contribution >= 0.6 is 0 Å². The molecule has 92 valence electrons. The molecule has 0 aliphatic carbocycles. The molecule has 0 aromatic heterocycles. The van der Waals surface area contributed by atoms with Gasteiger partial charge in [-0.2, -0.15) is 0 Å². The molecule has 17 heavy (non-hydrogen) atoms. The van der Waals surface area contributed by atoms with Crippen molar-refractivity contribution in [2.24, 2.45) is 0 Å². The number of benzene rings is 1. The van der Waals surface area contributed by atoms with Gasteiger partial charge in [0, 0.05) is 30.8 Å². The highest BCUT2D eigenvalue weighted by Crippen LogP contribution is 2.21. The average Bonchev–Trinajstić information content (AvgIpc) is 2.28. The van der Waals surface area contributed by atoms with Crippen molar-refractivity contribution in [3.8, 4) is 0 Å². The Bertz CT molecular complexity index is 431. The second-order valence-corrected chi connectivity index (χ2v) is 3.63. The number of nitrogens with one attached hydrogen (secondary N) is 1. The zero-order valence-corrected chi connectivity index (χ0v) is 9.47. The van der Waals surface area contributed by atoms with E-state index in [1.165, 1.54) is 18.2 Å². The number of aryl methyl sites for hydroxylation is 1. The Kier molecular flexibility index (Phi) is 4.59. The number of hydrogen-bond donors (Lipinski definition) is 2. The first kappa shape index (κ1) is 13.1. The van der Waals surface area contributed by atoms with Crippen molar-refractivity contribution in [2.75, 3.05) is 11.9 Å². The zero-order valence-electron chi connectivity index (χ0n) is 9.47. The quantitative estimate of drug-likeness (QED) is 0.602. The zero-order chi connectivity index (χ0) is 12.8. The molecule has 0 radical (unpaired) electrons. The van der Waals surface area contributed by atoms with Crippen molar-refractivity contribution in [1.29, 1.82) is 0 Å². The maximum absolute atomic E-state index is 11.4. The van der Waals surface area contributed by atoms with E-state index in [1.807, 2.05) is 0 Å². The molecule has 1 aromatic rings. The van der Waals surface area contributed by atoms with Crippen LogP contribution in [0.25, 0.3) is 0 Å². The van der Waals surface area contributed by atoms with Crippen LogP contribution in [0.3, 0.4) is 0 Å². The number of aliphatic hydroxyl groups excluding tert-OH is 1. The van der Waals surface area contributed by atoms with E-state index in [0.717, 1.165) is 0 Å². The molecule has 0 fully saturated rings. The van der Waals surface area contributed by atoms with E-state index in [0.29, 0.717) is 17.7 Å². The van der Waals surface area contributed by atoms with Crippen LogP contribution in [-0.4, -0.2) is 22.5 Å². The van der Waals surface area contributed by atoms with Gasteiger partial charge in [0.1, 0.15) is 0 Å².